The van der Waals surface area contributed by atoms with Crippen molar-refractivity contribution in [3.05, 3.63) is 82.9 Å². The quantitative estimate of drug-likeness (QED) is 0.354. The van der Waals surface area contributed by atoms with Crippen LogP contribution in [-0.4, -0.2) is 36.9 Å². The molecule has 0 heterocycles. The number of nitrogens with zero attached hydrogens (tertiary/aromatic N) is 1. The van der Waals surface area contributed by atoms with Crippen molar-refractivity contribution in [1.29, 1.82) is 0 Å². The number of halogens is 1. The molecule has 0 aromatic heterocycles. The first-order chi connectivity index (χ1) is 15.5. The summed E-state index contributed by atoms with van der Waals surface area (Å²) in [7, 11) is 1.47. The molecule has 32 heavy (non-hydrogen) atoms. The lowest BCUT2D eigenvalue weighted by Gasteiger charge is -2.12. The molecule has 3 rings (SSSR count). The molecule has 3 N–H and O–H groups in total. The standard InChI is InChI=1S/C23H20ClN3O5/c1-31-21-12-15(13-25-27-23(30)16-7-9-17(28)10-8-16)6-11-20(21)32-14-22(29)26-19-5-3-2-4-18(19)24/h2-13,28H,14H2,1H3,(H,26,29)(H,27,30)/b25-13+. The van der Waals surface area contributed by atoms with E-state index in [4.69, 9.17) is 21.1 Å². The zero-order valence-electron chi connectivity index (χ0n) is 17.0. The zero-order valence-corrected chi connectivity index (χ0v) is 17.8. The Morgan fingerprint density at radius 2 is 1.81 bits per heavy atom. The van der Waals surface area contributed by atoms with Crippen LogP contribution >= 0.6 is 11.6 Å². The first-order valence-corrected chi connectivity index (χ1v) is 9.81. The van der Waals surface area contributed by atoms with Crippen molar-refractivity contribution in [2.24, 2.45) is 5.10 Å². The third kappa shape index (κ3) is 6.23. The second-order valence-electron chi connectivity index (χ2n) is 6.47. The van der Waals surface area contributed by atoms with E-state index in [-0.39, 0.29) is 18.3 Å². The molecule has 0 saturated heterocycles. The number of para-hydroxylation sites is 1. The summed E-state index contributed by atoms with van der Waals surface area (Å²) in [4.78, 5) is 24.2. The fraction of sp³-hybridized carbons (Fsp3) is 0.0870. The molecule has 0 aliphatic carbocycles. The van der Waals surface area contributed by atoms with Gasteiger partial charge in [-0.05, 0) is 60.2 Å². The fourth-order valence-electron chi connectivity index (χ4n) is 2.62. The number of methoxy groups -OCH3 is 1. The SMILES string of the molecule is COc1cc(/C=N/NC(=O)c2ccc(O)cc2)ccc1OCC(=O)Nc1ccccc1Cl. The predicted molar refractivity (Wildman–Crippen MR) is 122 cm³/mol. The van der Waals surface area contributed by atoms with E-state index in [2.05, 4.69) is 15.8 Å². The lowest BCUT2D eigenvalue weighted by Crippen LogP contribution is -2.20. The lowest BCUT2D eigenvalue weighted by atomic mass is 10.2. The molecule has 0 spiro atoms. The summed E-state index contributed by atoms with van der Waals surface area (Å²) in [5, 5.41) is 16.3. The normalized spacial score (nSPS) is 10.6. The van der Waals surface area contributed by atoms with Crippen molar-refractivity contribution in [2.45, 2.75) is 0 Å². The van der Waals surface area contributed by atoms with Crippen molar-refractivity contribution < 1.29 is 24.2 Å². The van der Waals surface area contributed by atoms with E-state index in [1.54, 1.807) is 42.5 Å². The number of benzene rings is 3. The summed E-state index contributed by atoms with van der Waals surface area (Å²) in [6.07, 6.45) is 1.44. The van der Waals surface area contributed by atoms with Gasteiger partial charge in [0.05, 0.1) is 24.0 Å². The highest BCUT2D eigenvalue weighted by molar-refractivity contribution is 6.33. The van der Waals surface area contributed by atoms with Gasteiger partial charge in [-0.15, -0.1) is 0 Å². The summed E-state index contributed by atoms with van der Waals surface area (Å²) in [6.45, 7) is -0.238. The predicted octanol–water partition coefficient (Wildman–Crippen LogP) is 3.84. The average molecular weight is 454 g/mol. The Balaban J connectivity index is 1.57. The highest BCUT2D eigenvalue weighted by Crippen LogP contribution is 2.28. The Kier molecular flexibility index (Phi) is 7.66. The molecule has 3 aromatic rings. The Labute approximate surface area is 189 Å². The Morgan fingerprint density at radius 1 is 1.06 bits per heavy atom. The largest absolute Gasteiger partial charge is 0.508 e. The molecule has 0 aliphatic heterocycles. The molecule has 0 bridgehead atoms. The minimum absolute atomic E-state index is 0.0702. The van der Waals surface area contributed by atoms with Gasteiger partial charge in [0.2, 0.25) is 0 Å². The van der Waals surface area contributed by atoms with Gasteiger partial charge in [-0.3, -0.25) is 9.59 Å². The molecular formula is C23H20ClN3O5. The number of phenolic OH excluding ortho intramolecular Hbond substituents is 1. The van der Waals surface area contributed by atoms with Crippen LogP contribution in [0, 0.1) is 0 Å². The summed E-state index contributed by atoms with van der Waals surface area (Å²) >= 11 is 6.03. The molecule has 9 heteroatoms. The maximum absolute atomic E-state index is 12.1. The third-order valence-corrected chi connectivity index (χ3v) is 4.53. The topological polar surface area (TPSA) is 109 Å². The van der Waals surface area contributed by atoms with Crippen molar-refractivity contribution >= 4 is 35.3 Å². The molecule has 0 radical (unpaired) electrons. The second-order valence-corrected chi connectivity index (χ2v) is 6.88. The maximum atomic E-state index is 12.1. The molecule has 0 aliphatic rings. The highest BCUT2D eigenvalue weighted by Gasteiger charge is 2.10. The monoisotopic (exact) mass is 453 g/mol. The van der Waals surface area contributed by atoms with Gasteiger partial charge >= 0.3 is 0 Å². The number of hydrogen-bond donors (Lipinski definition) is 3. The molecule has 0 saturated carbocycles. The second kappa shape index (κ2) is 10.8. The van der Waals surface area contributed by atoms with Crippen molar-refractivity contribution in [2.75, 3.05) is 19.0 Å². The molecule has 3 aromatic carbocycles. The minimum Gasteiger partial charge on any atom is -0.508 e. The van der Waals surface area contributed by atoms with Crippen LogP contribution in [0.15, 0.2) is 71.8 Å². The van der Waals surface area contributed by atoms with Gasteiger partial charge < -0.3 is 19.9 Å². The van der Waals surface area contributed by atoms with Crippen LogP contribution in [0.5, 0.6) is 17.2 Å². The average Bonchev–Trinajstić information content (AvgIpc) is 2.80. The summed E-state index contributed by atoms with van der Waals surface area (Å²) < 4.78 is 10.9. The van der Waals surface area contributed by atoms with E-state index in [9.17, 15) is 14.7 Å². The van der Waals surface area contributed by atoms with E-state index in [0.29, 0.717) is 33.3 Å². The van der Waals surface area contributed by atoms with Crippen LogP contribution in [0.3, 0.4) is 0 Å². The molecule has 0 unspecified atom stereocenters. The van der Waals surface area contributed by atoms with Gasteiger partial charge in [0.25, 0.3) is 11.8 Å². The van der Waals surface area contributed by atoms with Crippen LogP contribution in [0.25, 0.3) is 0 Å². The van der Waals surface area contributed by atoms with Crippen LogP contribution in [0.1, 0.15) is 15.9 Å². The Morgan fingerprint density at radius 3 is 2.53 bits per heavy atom. The number of nitrogens with one attached hydrogen (secondary N) is 2. The number of carbonyl (C=O) groups is 2. The molecule has 0 fully saturated rings. The summed E-state index contributed by atoms with van der Waals surface area (Å²) in [5.41, 5.74) is 3.89. The van der Waals surface area contributed by atoms with Crippen LogP contribution < -0.4 is 20.2 Å². The smallest absolute Gasteiger partial charge is 0.271 e. The number of amides is 2. The molecule has 0 atom stereocenters. The number of ether oxygens (including phenoxy) is 2. The number of phenols is 1. The fourth-order valence-corrected chi connectivity index (χ4v) is 2.80. The van der Waals surface area contributed by atoms with E-state index in [0.717, 1.165) is 0 Å². The highest BCUT2D eigenvalue weighted by atomic mass is 35.5. The van der Waals surface area contributed by atoms with Gasteiger partial charge in [0.1, 0.15) is 5.75 Å². The van der Waals surface area contributed by atoms with Gasteiger partial charge in [-0.2, -0.15) is 5.10 Å². The molecule has 2 amide bonds. The van der Waals surface area contributed by atoms with E-state index < -0.39 is 5.91 Å². The number of anilines is 1. The van der Waals surface area contributed by atoms with Crippen LogP contribution in [-0.2, 0) is 4.79 Å². The van der Waals surface area contributed by atoms with E-state index >= 15 is 0 Å². The molecule has 8 nitrogen and oxygen atoms in total. The Hall–Kier alpha value is -4.04. The number of hydrazone groups is 1. The number of carbonyl (C=O) groups excluding carboxylic acids is 2. The van der Waals surface area contributed by atoms with Crippen molar-refractivity contribution in [3.63, 3.8) is 0 Å². The Bertz CT molecular complexity index is 1130. The summed E-state index contributed by atoms with van der Waals surface area (Å²) in [5.74, 6) is 0.0395. The van der Waals surface area contributed by atoms with Gasteiger partial charge in [-0.25, -0.2) is 5.43 Å². The first kappa shape index (κ1) is 22.6. The zero-order chi connectivity index (χ0) is 22.9. The summed E-state index contributed by atoms with van der Waals surface area (Å²) in [6, 6.07) is 17.7. The molecular weight excluding hydrogens is 434 g/mol. The number of hydrogen-bond acceptors (Lipinski definition) is 6. The van der Waals surface area contributed by atoms with Gasteiger partial charge in [-0.1, -0.05) is 23.7 Å². The minimum atomic E-state index is -0.419. The first-order valence-electron chi connectivity index (χ1n) is 9.44. The lowest BCUT2D eigenvalue weighted by molar-refractivity contribution is -0.118. The number of rotatable bonds is 8. The van der Waals surface area contributed by atoms with Crippen molar-refractivity contribution in [1.82, 2.24) is 5.43 Å². The van der Waals surface area contributed by atoms with Gasteiger partial charge in [0, 0.05) is 5.56 Å². The maximum Gasteiger partial charge on any atom is 0.271 e. The van der Waals surface area contributed by atoms with Crippen molar-refractivity contribution in [3.8, 4) is 17.2 Å². The van der Waals surface area contributed by atoms with E-state index in [1.807, 2.05) is 0 Å². The molecule has 164 valence electrons. The van der Waals surface area contributed by atoms with Crippen LogP contribution in [0.2, 0.25) is 5.02 Å². The van der Waals surface area contributed by atoms with Crippen LogP contribution in [0.4, 0.5) is 5.69 Å². The number of aromatic hydroxyl groups is 1. The van der Waals surface area contributed by atoms with E-state index in [1.165, 1.54) is 37.6 Å². The van der Waals surface area contributed by atoms with Gasteiger partial charge in [0.15, 0.2) is 18.1 Å². The third-order valence-electron chi connectivity index (χ3n) is 4.20.